The molecule has 6 nitrogen and oxygen atoms in total. The van der Waals surface area contributed by atoms with E-state index in [0.29, 0.717) is 18.3 Å². The Bertz CT molecular complexity index is 450. The Morgan fingerprint density at radius 2 is 2.00 bits per heavy atom. The average molecular weight is 262 g/mol. The molecule has 0 saturated heterocycles. The maximum absolute atomic E-state index is 9.07. The summed E-state index contributed by atoms with van der Waals surface area (Å²) >= 11 is 0. The van der Waals surface area contributed by atoms with Gasteiger partial charge in [0.2, 0.25) is 11.8 Å². The third-order valence-electron chi connectivity index (χ3n) is 3.48. The Morgan fingerprint density at radius 3 is 2.58 bits per heavy atom. The third kappa shape index (κ3) is 2.93. The van der Waals surface area contributed by atoms with Crippen LogP contribution in [0.15, 0.2) is 6.33 Å². The molecule has 0 spiro atoms. The summed E-state index contributed by atoms with van der Waals surface area (Å²) in [5, 5.41) is 12.5. The number of ether oxygens (including phenoxy) is 2. The molecular formula is C13H18N4O2. The molecule has 2 unspecified atom stereocenters. The van der Waals surface area contributed by atoms with Crippen LogP contribution in [0.5, 0.6) is 11.8 Å². The highest BCUT2D eigenvalue weighted by atomic mass is 16.5. The maximum atomic E-state index is 9.07. The minimum absolute atomic E-state index is 0.0848. The summed E-state index contributed by atoms with van der Waals surface area (Å²) in [5.41, 5.74) is 0.788. The summed E-state index contributed by atoms with van der Waals surface area (Å²) < 4.78 is 10.4. The number of nitrogens with one attached hydrogen (secondary N) is 1. The van der Waals surface area contributed by atoms with Crippen LogP contribution in [0.25, 0.3) is 0 Å². The van der Waals surface area contributed by atoms with Crippen molar-refractivity contribution in [3.63, 3.8) is 0 Å². The van der Waals surface area contributed by atoms with E-state index in [2.05, 4.69) is 21.4 Å². The van der Waals surface area contributed by atoms with Crippen molar-refractivity contribution in [1.82, 2.24) is 15.3 Å². The molecule has 2 atom stereocenters. The van der Waals surface area contributed by atoms with Crippen LogP contribution in [-0.2, 0) is 6.54 Å². The van der Waals surface area contributed by atoms with E-state index >= 15 is 0 Å². The molecule has 1 heterocycles. The predicted molar refractivity (Wildman–Crippen MR) is 68.7 cm³/mol. The lowest BCUT2D eigenvalue weighted by molar-refractivity contribution is 0.354. The lowest BCUT2D eigenvalue weighted by Gasteiger charge is -2.17. The molecule has 19 heavy (non-hydrogen) atoms. The third-order valence-corrected chi connectivity index (χ3v) is 3.48. The number of nitrogens with zero attached hydrogens (tertiary/aromatic N) is 3. The van der Waals surface area contributed by atoms with Crippen LogP contribution in [0, 0.1) is 17.2 Å². The first-order valence-electron chi connectivity index (χ1n) is 6.35. The van der Waals surface area contributed by atoms with Gasteiger partial charge in [0.15, 0.2) is 0 Å². The summed E-state index contributed by atoms with van der Waals surface area (Å²) in [6.45, 7) is 0.538. The molecule has 0 radical (unpaired) electrons. The molecule has 2 rings (SSSR count). The molecular weight excluding hydrogens is 244 g/mol. The molecule has 1 aromatic heterocycles. The summed E-state index contributed by atoms with van der Waals surface area (Å²) in [6, 6.07) is 2.57. The highest BCUT2D eigenvalue weighted by Gasteiger charge is 2.27. The fraction of sp³-hybridized carbons (Fsp3) is 0.615. The van der Waals surface area contributed by atoms with Crippen LogP contribution >= 0.6 is 0 Å². The minimum Gasteiger partial charge on any atom is -0.481 e. The molecule has 0 bridgehead atoms. The molecule has 102 valence electrons. The Hall–Kier alpha value is -1.87. The van der Waals surface area contributed by atoms with E-state index in [-0.39, 0.29) is 12.0 Å². The Balaban J connectivity index is 2.08. The first-order chi connectivity index (χ1) is 9.30. The van der Waals surface area contributed by atoms with Crippen LogP contribution < -0.4 is 14.8 Å². The first-order valence-corrected chi connectivity index (χ1v) is 6.35. The molecule has 1 N–H and O–H groups in total. The number of rotatable bonds is 5. The summed E-state index contributed by atoms with van der Waals surface area (Å²) in [6.07, 6.45) is 4.49. The normalized spacial score (nSPS) is 21.9. The van der Waals surface area contributed by atoms with Crippen molar-refractivity contribution in [3.05, 3.63) is 11.9 Å². The lowest BCUT2D eigenvalue weighted by Crippen LogP contribution is -2.31. The number of hydrogen-bond donors (Lipinski definition) is 1. The van der Waals surface area contributed by atoms with Crippen LogP contribution in [-0.4, -0.2) is 30.2 Å². The van der Waals surface area contributed by atoms with Gasteiger partial charge in [-0.3, -0.25) is 0 Å². The number of methoxy groups -OCH3 is 2. The van der Waals surface area contributed by atoms with Gasteiger partial charge < -0.3 is 14.8 Å². The largest absolute Gasteiger partial charge is 0.481 e. The van der Waals surface area contributed by atoms with Crippen LogP contribution in [0.4, 0.5) is 0 Å². The number of aromatic nitrogens is 2. The summed E-state index contributed by atoms with van der Waals surface area (Å²) in [5.74, 6) is 1.10. The Labute approximate surface area is 112 Å². The minimum atomic E-state index is 0.0848. The molecule has 0 aliphatic heterocycles. The van der Waals surface area contributed by atoms with Crippen molar-refractivity contribution >= 4 is 0 Å². The van der Waals surface area contributed by atoms with Crippen LogP contribution in [0.3, 0.4) is 0 Å². The van der Waals surface area contributed by atoms with Crippen molar-refractivity contribution in [3.8, 4) is 17.8 Å². The van der Waals surface area contributed by atoms with Gasteiger partial charge in [0.1, 0.15) is 6.33 Å². The maximum Gasteiger partial charge on any atom is 0.224 e. The van der Waals surface area contributed by atoms with Crippen molar-refractivity contribution in [2.24, 2.45) is 5.92 Å². The van der Waals surface area contributed by atoms with Gasteiger partial charge in [0.25, 0.3) is 0 Å². The van der Waals surface area contributed by atoms with E-state index < -0.39 is 0 Å². The predicted octanol–water partition coefficient (Wildman–Crippen LogP) is 1.28. The molecule has 0 aromatic carbocycles. The zero-order valence-corrected chi connectivity index (χ0v) is 11.2. The van der Waals surface area contributed by atoms with E-state index in [9.17, 15) is 0 Å². The second-order valence-corrected chi connectivity index (χ2v) is 4.52. The molecule has 1 saturated carbocycles. The monoisotopic (exact) mass is 262 g/mol. The smallest absolute Gasteiger partial charge is 0.224 e. The zero-order valence-electron chi connectivity index (χ0n) is 11.2. The second kappa shape index (κ2) is 6.34. The van der Waals surface area contributed by atoms with E-state index in [0.717, 1.165) is 24.8 Å². The van der Waals surface area contributed by atoms with Gasteiger partial charge >= 0.3 is 0 Å². The highest BCUT2D eigenvalue weighted by molar-refractivity contribution is 5.34. The van der Waals surface area contributed by atoms with Crippen LogP contribution in [0.1, 0.15) is 24.8 Å². The Morgan fingerprint density at radius 1 is 1.32 bits per heavy atom. The second-order valence-electron chi connectivity index (χ2n) is 4.52. The molecule has 1 aliphatic rings. The Kier molecular flexibility index (Phi) is 4.53. The number of nitriles is 1. The molecule has 0 amide bonds. The van der Waals surface area contributed by atoms with Gasteiger partial charge in [-0.15, -0.1) is 0 Å². The summed E-state index contributed by atoms with van der Waals surface area (Å²) in [4.78, 5) is 8.14. The van der Waals surface area contributed by atoms with Gasteiger partial charge in [-0.25, -0.2) is 9.97 Å². The summed E-state index contributed by atoms with van der Waals surface area (Å²) in [7, 11) is 3.14. The number of hydrogen-bond acceptors (Lipinski definition) is 6. The van der Waals surface area contributed by atoms with Gasteiger partial charge in [-0.05, 0) is 12.8 Å². The lowest BCUT2D eigenvalue weighted by atomic mass is 10.1. The fourth-order valence-corrected chi connectivity index (χ4v) is 2.48. The topological polar surface area (TPSA) is 80.1 Å². The highest BCUT2D eigenvalue weighted by Crippen LogP contribution is 2.27. The zero-order chi connectivity index (χ0) is 13.7. The van der Waals surface area contributed by atoms with Crippen molar-refractivity contribution in [2.75, 3.05) is 14.2 Å². The molecule has 1 fully saturated rings. The van der Waals surface area contributed by atoms with Gasteiger partial charge in [-0.2, -0.15) is 5.26 Å². The van der Waals surface area contributed by atoms with E-state index in [1.807, 2.05) is 0 Å². The quantitative estimate of drug-likeness (QED) is 0.861. The SMILES string of the molecule is COc1ncnc(OC)c1CNC1CCCC1C#N. The molecule has 6 heteroatoms. The van der Waals surface area contributed by atoms with Crippen LogP contribution in [0.2, 0.25) is 0 Å². The fourth-order valence-electron chi connectivity index (χ4n) is 2.48. The van der Waals surface area contributed by atoms with Gasteiger partial charge in [0.05, 0.1) is 31.8 Å². The van der Waals surface area contributed by atoms with E-state index in [1.54, 1.807) is 14.2 Å². The van der Waals surface area contributed by atoms with E-state index in [4.69, 9.17) is 14.7 Å². The average Bonchev–Trinajstić information content (AvgIpc) is 2.91. The van der Waals surface area contributed by atoms with E-state index in [1.165, 1.54) is 6.33 Å². The van der Waals surface area contributed by atoms with Crippen molar-refractivity contribution < 1.29 is 9.47 Å². The standard InChI is InChI=1S/C13H18N4O2/c1-18-12-10(13(19-2)17-8-16-12)7-15-11-5-3-4-9(11)6-14/h8-9,11,15H,3-5,7H2,1-2H3. The van der Waals surface area contributed by atoms with Crippen molar-refractivity contribution in [2.45, 2.75) is 31.8 Å². The van der Waals surface area contributed by atoms with Gasteiger partial charge in [-0.1, -0.05) is 6.42 Å². The van der Waals surface area contributed by atoms with Crippen molar-refractivity contribution in [1.29, 1.82) is 5.26 Å². The first kappa shape index (κ1) is 13.6. The molecule has 1 aromatic rings. The molecule has 1 aliphatic carbocycles. The van der Waals surface area contributed by atoms with Gasteiger partial charge in [0, 0.05) is 12.6 Å².